The molecule has 0 aliphatic heterocycles. The van der Waals surface area contributed by atoms with Crippen molar-refractivity contribution in [3.05, 3.63) is 30.5 Å². The molecule has 0 bridgehead atoms. The summed E-state index contributed by atoms with van der Waals surface area (Å²) in [6.45, 7) is 7.39. The highest BCUT2D eigenvalue weighted by molar-refractivity contribution is 7.19. The topological polar surface area (TPSA) is 94.8 Å². The van der Waals surface area contributed by atoms with Crippen LogP contribution in [-0.4, -0.2) is 29.4 Å². The zero-order valence-corrected chi connectivity index (χ0v) is 16.8. The molecule has 0 aliphatic rings. The summed E-state index contributed by atoms with van der Waals surface area (Å²) >= 11 is 1.18. The third-order valence-corrected chi connectivity index (χ3v) is 4.37. The van der Waals surface area contributed by atoms with Gasteiger partial charge in [-0.2, -0.15) is 4.90 Å². The predicted molar refractivity (Wildman–Crippen MR) is 107 cm³/mol. The summed E-state index contributed by atoms with van der Waals surface area (Å²) in [4.78, 5) is 30.9. The number of thiazole rings is 1. The fraction of sp³-hybridized carbons (Fsp3) is 0.421. The van der Waals surface area contributed by atoms with Crippen molar-refractivity contribution in [2.45, 2.75) is 46.1 Å². The number of nitrogens with zero attached hydrogens (tertiary/aromatic N) is 2. The molecule has 1 heterocycles. The maximum absolute atomic E-state index is 12.6. The Morgan fingerprint density at radius 2 is 2.00 bits per heavy atom. The number of rotatable bonds is 5. The van der Waals surface area contributed by atoms with Gasteiger partial charge in [0.05, 0.1) is 11.5 Å². The zero-order valence-electron chi connectivity index (χ0n) is 16.0. The van der Waals surface area contributed by atoms with Crippen molar-refractivity contribution in [2.75, 3.05) is 17.2 Å². The number of amides is 2. The summed E-state index contributed by atoms with van der Waals surface area (Å²) in [5, 5.41) is 0.183. The Balaban J connectivity index is 2.30. The molecule has 0 saturated heterocycles. The van der Waals surface area contributed by atoms with E-state index in [2.05, 4.69) is 4.98 Å². The summed E-state index contributed by atoms with van der Waals surface area (Å²) in [6.07, 6.45) is 1.55. The van der Waals surface area contributed by atoms with Crippen molar-refractivity contribution in [1.82, 2.24) is 4.98 Å². The van der Waals surface area contributed by atoms with Gasteiger partial charge in [-0.25, -0.2) is 14.6 Å². The molecule has 2 rings (SSSR count). The normalized spacial score (nSPS) is 11.1. The highest BCUT2D eigenvalue weighted by Gasteiger charge is 2.32. The summed E-state index contributed by atoms with van der Waals surface area (Å²) in [5.74, 6) is 0. The van der Waals surface area contributed by atoms with Gasteiger partial charge >= 0.3 is 12.2 Å². The third kappa shape index (κ3) is 5.96. The Bertz CT molecular complexity index is 798. The number of anilines is 2. The largest absolute Gasteiger partial charge is 0.449 e. The number of carbonyl (C=O) groups excluding carboxylic acids is 2. The molecule has 0 spiro atoms. The molecule has 8 heteroatoms. The number of ether oxygens (including phenoxy) is 2. The van der Waals surface area contributed by atoms with Crippen LogP contribution in [0.25, 0.3) is 10.4 Å². The van der Waals surface area contributed by atoms with Crippen molar-refractivity contribution in [3.63, 3.8) is 0 Å². The molecule has 0 fully saturated rings. The van der Waals surface area contributed by atoms with Crippen LogP contribution in [0.4, 0.5) is 20.4 Å². The first-order valence-corrected chi connectivity index (χ1v) is 9.54. The van der Waals surface area contributed by atoms with Crippen LogP contribution in [-0.2, 0) is 9.47 Å². The molecule has 0 unspecified atom stereocenters. The average molecular weight is 391 g/mol. The Labute approximate surface area is 163 Å². The molecule has 2 amide bonds. The van der Waals surface area contributed by atoms with Crippen LogP contribution in [0.1, 0.15) is 40.5 Å². The Morgan fingerprint density at radius 3 is 2.63 bits per heavy atom. The minimum Gasteiger partial charge on any atom is -0.449 e. The molecule has 0 radical (unpaired) electrons. The van der Waals surface area contributed by atoms with Crippen molar-refractivity contribution in [3.8, 4) is 10.4 Å². The number of nitrogen functional groups attached to an aromatic ring is 1. The summed E-state index contributed by atoms with van der Waals surface area (Å²) < 4.78 is 10.6. The second-order valence-corrected chi connectivity index (χ2v) is 7.93. The van der Waals surface area contributed by atoms with E-state index in [-0.39, 0.29) is 11.7 Å². The molecular weight excluding hydrogens is 366 g/mol. The van der Waals surface area contributed by atoms with Crippen LogP contribution in [0.5, 0.6) is 0 Å². The van der Waals surface area contributed by atoms with E-state index >= 15 is 0 Å². The smallest absolute Gasteiger partial charge is 0.426 e. The van der Waals surface area contributed by atoms with Crippen LogP contribution in [0.3, 0.4) is 0 Å². The van der Waals surface area contributed by atoms with Gasteiger partial charge in [-0.1, -0.05) is 36.8 Å². The van der Waals surface area contributed by atoms with Gasteiger partial charge in [-0.15, -0.1) is 0 Å². The molecule has 0 saturated carbocycles. The lowest BCUT2D eigenvalue weighted by Gasteiger charge is -2.24. The van der Waals surface area contributed by atoms with E-state index in [0.29, 0.717) is 12.1 Å². The standard InChI is InChI=1S/C19H25N3O4S/c1-5-6-10-25-17(23)22(18(24)26-19(2,3)4)16-21-12-15(27-16)13-8-7-9-14(20)11-13/h7-9,11-12H,5-6,10,20H2,1-4H3. The molecule has 7 nitrogen and oxygen atoms in total. The third-order valence-electron chi connectivity index (χ3n) is 3.34. The number of unbranched alkanes of at least 4 members (excludes halogenated alkanes) is 1. The fourth-order valence-corrected chi connectivity index (χ4v) is 2.99. The van der Waals surface area contributed by atoms with Gasteiger partial charge in [0.1, 0.15) is 5.60 Å². The van der Waals surface area contributed by atoms with E-state index in [1.54, 1.807) is 39.1 Å². The van der Waals surface area contributed by atoms with Gasteiger partial charge in [0, 0.05) is 11.9 Å². The number of imide groups is 1. The zero-order chi connectivity index (χ0) is 20.0. The van der Waals surface area contributed by atoms with Crippen LogP contribution in [0.2, 0.25) is 0 Å². The predicted octanol–water partition coefficient (Wildman–Crippen LogP) is 5.07. The lowest BCUT2D eigenvalue weighted by atomic mass is 10.2. The van der Waals surface area contributed by atoms with Gasteiger partial charge in [-0.05, 0) is 44.9 Å². The van der Waals surface area contributed by atoms with E-state index in [1.165, 1.54) is 11.3 Å². The van der Waals surface area contributed by atoms with E-state index in [1.807, 2.05) is 19.1 Å². The number of hydrogen-bond acceptors (Lipinski definition) is 7. The Kier molecular flexibility index (Phi) is 6.79. The second kappa shape index (κ2) is 8.85. The quantitative estimate of drug-likeness (QED) is 0.565. The molecule has 2 N–H and O–H groups in total. The first-order chi connectivity index (χ1) is 12.7. The van der Waals surface area contributed by atoms with E-state index in [4.69, 9.17) is 15.2 Å². The molecule has 0 atom stereocenters. The van der Waals surface area contributed by atoms with Crippen molar-refractivity contribution in [2.24, 2.45) is 0 Å². The minimum absolute atomic E-state index is 0.183. The molecule has 146 valence electrons. The molecule has 1 aromatic heterocycles. The highest BCUT2D eigenvalue weighted by atomic mass is 32.1. The maximum atomic E-state index is 12.6. The number of carbonyl (C=O) groups is 2. The summed E-state index contributed by atoms with van der Waals surface area (Å²) in [7, 11) is 0. The molecule has 1 aromatic carbocycles. The van der Waals surface area contributed by atoms with Gasteiger partial charge in [-0.3, -0.25) is 0 Å². The summed E-state index contributed by atoms with van der Waals surface area (Å²) in [5.41, 5.74) is 6.53. The van der Waals surface area contributed by atoms with E-state index in [9.17, 15) is 9.59 Å². The van der Waals surface area contributed by atoms with Crippen LogP contribution >= 0.6 is 11.3 Å². The van der Waals surface area contributed by atoms with Gasteiger partial charge in [0.25, 0.3) is 0 Å². The molecule has 2 aromatic rings. The lowest BCUT2D eigenvalue weighted by Crippen LogP contribution is -2.41. The van der Waals surface area contributed by atoms with Crippen LogP contribution < -0.4 is 10.6 Å². The number of hydrogen-bond donors (Lipinski definition) is 1. The first-order valence-electron chi connectivity index (χ1n) is 8.73. The lowest BCUT2D eigenvalue weighted by molar-refractivity contribution is 0.0567. The van der Waals surface area contributed by atoms with Crippen molar-refractivity contribution in [1.29, 1.82) is 0 Å². The first kappa shape index (κ1) is 20.7. The monoisotopic (exact) mass is 391 g/mol. The van der Waals surface area contributed by atoms with Gasteiger partial charge < -0.3 is 15.2 Å². The second-order valence-electron chi connectivity index (χ2n) is 6.92. The minimum atomic E-state index is -0.822. The molecule has 27 heavy (non-hydrogen) atoms. The van der Waals surface area contributed by atoms with E-state index in [0.717, 1.165) is 21.8 Å². The number of nitrogens with two attached hydrogens (primary N) is 1. The van der Waals surface area contributed by atoms with Gasteiger partial charge in [0.15, 0.2) is 0 Å². The average Bonchev–Trinajstić information content (AvgIpc) is 3.03. The Morgan fingerprint density at radius 1 is 1.26 bits per heavy atom. The molecular formula is C19H25N3O4S. The highest BCUT2D eigenvalue weighted by Crippen LogP contribution is 2.33. The number of benzene rings is 1. The van der Waals surface area contributed by atoms with Crippen molar-refractivity contribution >= 4 is 34.3 Å². The van der Waals surface area contributed by atoms with Crippen LogP contribution in [0.15, 0.2) is 30.5 Å². The van der Waals surface area contributed by atoms with Crippen molar-refractivity contribution < 1.29 is 19.1 Å². The Hall–Kier alpha value is -2.61. The molecule has 0 aliphatic carbocycles. The number of aromatic nitrogens is 1. The fourth-order valence-electron chi connectivity index (χ4n) is 2.10. The maximum Gasteiger partial charge on any atom is 0.426 e. The summed E-state index contributed by atoms with van der Waals surface area (Å²) in [6, 6.07) is 7.29. The van der Waals surface area contributed by atoms with E-state index < -0.39 is 17.8 Å². The van der Waals surface area contributed by atoms with Gasteiger partial charge in [0.2, 0.25) is 5.13 Å². The van der Waals surface area contributed by atoms with Crippen LogP contribution in [0, 0.1) is 0 Å². The SMILES string of the molecule is CCCCOC(=O)N(C(=O)OC(C)(C)C)c1ncc(-c2cccc(N)c2)s1.